The molecule has 0 aliphatic carbocycles. The predicted molar refractivity (Wildman–Crippen MR) is 53.0 cm³/mol. The summed E-state index contributed by atoms with van der Waals surface area (Å²) in [6.07, 6.45) is 0. The van der Waals surface area contributed by atoms with E-state index in [0.29, 0.717) is 0 Å². The Morgan fingerprint density at radius 3 is 1.10 bits per heavy atom. The summed E-state index contributed by atoms with van der Waals surface area (Å²) in [6.45, 7) is 8.75. The van der Waals surface area contributed by atoms with Crippen LogP contribution in [0, 0.1) is 0 Å². The first-order valence-corrected chi connectivity index (χ1v) is 10.4. The standard InChI is InChI=1S/C6H20N2Si2/c1-9(2,7)5-6-10(3,4)8/h5-8H2,1-4H3. The molecule has 2 nitrogen and oxygen atoms in total. The molecule has 0 amide bonds. The Kier molecular flexibility index (Phi) is 3.28. The Labute approximate surface area is 66.2 Å². The third-order valence-corrected chi connectivity index (χ3v) is 4.99. The minimum Gasteiger partial charge on any atom is -0.351 e. The molecule has 0 radical (unpaired) electrons. The molecule has 0 heterocycles. The molecule has 0 spiro atoms. The molecule has 0 saturated carbocycles. The highest BCUT2D eigenvalue weighted by molar-refractivity contribution is 6.79. The van der Waals surface area contributed by atoms with E-state index in [1.165, 1.54) is 12.1 Å². The van der Waals surface area contributed by atoms with Crippen LogP contribution in [-0.2, 0) is 0 Å². The molecule has 0 aromatic heterocycles. The van der Waals surface area contributed by atoms with Gasteiger partial charge in [-0.15, -0.1) is 0 Å². The summed E-state index contributed by atoms with van der Waals surface area (Å²) in [5, 5.41) is 11.9. The summed E-state index contributed by atoms with van der Waals surface area (Å²) in [5.41, 5.74) is 0. The Bertz CT molecular complexity index is 87.3. The van der Waals surface area contributed by atoms with Crippen LogP contribution in [0.2, 0.25) is 38.3 Å². The molecule has 0 aliphatic heterocycles. The maximum atomic E-state index is 5.95. The number of rotatable bonds is 3. The minimum absolute atomic E-state index is 1.18. The van der Waals surface area contributed by atoms with Crippen LogP contribution >= 0.6 is 0 Å². The highest BCUT2D eigenvalue weighted by atomic mass is 28.3. The number of hydrogen-bond donors (Lipinski definition) is 2. The second-order valence-electron chi connectivity index (χ2n) is 4.48. The molecule has 0 aromatic rings. The normalized spacial score (nSPS) is 13.8. The minimum atomic E-state index is -1.31. The van der Waals surface area contributed by atoms with Gasteiger partial charge in [0.15, 0.2) is 0 Å². The first-order chi connectivity index (χ1) is 4.21. The van der Waals surface area contributed by atoms with Crippen LogP contribution in [0.5, 0.6) is 0 Å². The van der Waals surface area contributed by atoms with E-state index in [4.69, 9.17) is 10.8 Å². The lowest BCUT2D eigenvalue weighted by atomic mass is 10.9. The van der Waals surface area contributed by atoms with Crippen molar-refractivity contribution in [3.8, 4) is 0 Å². The molecule has 0 bridgehead atoms. The summed E-state index contributed by atoms with van der Waals surface area (Å²) in [6, 6.07) is 2.37. The predicted octanol–water partition coefficient (Wildman–Crippen LogP) is 1.31. The molecule has 0 unspecified atom stereocenters. The zero-order valence-corrected chi connectivity index (χ0v) is 9.57. The van der Waals surface area contributed by atoms with Gasteiger partial charge in [0.1, 0.15) is 16.5 Å². The molecule has 62 valence electrons. The second-order valence-corrected chi connectivity index (χ2v) is 13.4. The highest BCUT2D eigenvalue weighted by Gasteiger charge is 2.20. The van der Waals surface area contributed by atoms with Gasteiger partial charge in [0.25, 0.3) is 0 Å². The van der Waals surface area contributed by atoms with E-state index in [-0.39, 0.29) is 0 Å². The Morgan fingerprint density at radius 1 is 0.800 bits per heavy atom. The lowest BCUT2D eigenvalue weighted by molar-refractivity contribution is 1.23. The van der Waals surface area contributed by atoms with E-state index in [0.717, 1.165) is 0 Å². The Balaban J connectivity index is 3.56. The third-order valence-electron chi connectivity index (χ3n) is 1.41. The largest absolute Gasteiger partial charge is 0.351 e. The van der Waals surface area contributed by atoms with Gasteiger partial charge < -0.3 is 10.8 Å². The molecule has 0 saturated heterocycles. The van der Waals surface area contributed by atoms with Gasteiger partial charge >= 0.3 is 0 Å². The molecule has 4 heteroatoms. The van der Waals surface area contributed by atoms with Crippen molar-refractivity contribution in [2.75, 3.05) is 0 Å². The summed E-state index contributed by atoms with van der Waals surface area (Å²) in [5.74, 6) is 0. The number of hydrogen-bond acceptors (Lipinski definition) is 2. The monoisotopic (exact) mass is 176 g/mol. The maximum absolute atomic E-state index is 5.95. The third kappa shape index (κ3) is 8.35. The summed E-state index contributed by atoms with van der Waals surface area (Å²) >= 11 is 0. The quantitative estimate of drug-likeness (QED) is 0.637. The lowest BCUT2D eigenvalue weighted by Crippen LogP contribution is -2.44. The lowest BCUT2D eigenvalue weighted by Gasteiger charge is -2.21. The fourth-order valence-corrected chi connectivity index (χ4v) is 5.80. The Hall–Kier alpha value is 0.354. The van der Waals surface area contributed by atoms with Crippen molar-refractivity contribution in [3.05, 3.63) is 0 Å². The van der Waals surface area contributed by atoms with Crippen LogP contribution in [0.1, 0.15) is 0 Å². The molecule has 10 heavy (non-hydrogen) atoms. The van der Waals surface area contributed by atoms with Gasteiger partial charge in [-0.1, -0.05) is 26.2 Å². The van der Waals surface area contributed by atoms with E-state index in [9.17, 15) is 0 Å². The molecule has 0 atom stereocenters. The van der Waals surface area contributed by atoms with Gasteiger partial charge in [0.2, 0.25) is 0 Å². The van der Waals surface area contributed by atoms with Crippen LogP contribution in [-0.4, -0.2) is 16.5 Å². The summed E-state index contributed by atoms with van der Waals surface area (Å²) in [7, 11) is -2.62. The second kappa shape index (κ2) is 3.17. The fourth-order valence-electron chi connectivity index (χ4n) is 0.644. The van der Waals surface area contributed by atoms with Crippen molar-refractivity contribution in [2.24, 2.45) is 10.8 Å². The Morgan fingerprint density at radius 2 is 1.00 bits per heavy atom. The van der Waals surface area contributed by atoms with Crippen molar-refractivity contribution < 1.29 is 0 Å². The van der Waals surface area contributed by atoms with Gasteiger partial charge in [-0.3, -0.25) is 0 Å². The molecule has 0 fully saturated rings. The van der Waals surface area contributed by atoms with Crippen LogP contribution < -0.4 is 10.8 Å². The van der Waals surface area contributed by atoms with Gasteiger partial charge in [-0.05, 0) is 12.1 Å². The zero-order chi connectivity index (χ0) is 8.41. The average molecular weight is 176 g/mol. The van der Waals surface area contributed by atoms with Gasteiger partial charge in [0.05, 0.1) is 0 Å². The van der Waals surface area contributed by atoms with Crippen LogP contribution in [0.3, 0.4) is 0 Å². The van der Waals surface area contributed by atoms with Gasteiger partial charge in [0, 0.05) is 0 Å². The molecular weight excluding hydrogens is 156 g/mol. The van der Waals surface area contributed by atoms with Gasteiger partial charge in [-0.2, -0.15) is 0 Å². The van der Waals surface area contributed by atoms with Crippen molar-refractivity contribution in [3.63, 3.8) is 0 Å². The van der Waals surface area contributed by atoms with Crippen LogP contribution in [0.15, 0.2) is 0 Å². The van der Waals surface area contributed by atoms with Crippen molar-refractivity contribution in [2.45, 2.75) is 38.3 Å². The van der Waals surface area contributed by atoms with Crippen molar-refractivity contribution in [1.29, 1.82) is 0 Å². The first-order valence-electron chi connectivity index (χ1n) is 3.78. The van der Waals surface area contributed by atoms with Crippen LogP contribution in [0.25, 0.3) is 0 Å². The van der Waals surface area contributed by atoms with E-state index in [2.05, 4.69) is 26.2 Å². The van der Waals surface area contributed by atoms with E-state index >= 15 is 0 Å². The van der Waals surface area contributed by atoms with E-state index in [1.54, 1.807) is 0 Å². The SMILES string of the molecule is C[Si](C)(N)CC[Si](C)(C)N. The number of nitrogens with two attached hydrogens (primary N) is 2. The smallest absolute Gasteiger partial charge is 0.116 e. The maximum Gasteiger partial charge on any atom is 0.116 e. The average Bonchev–Trinajstić information content (AvgIpc) is 1.57. The van der Waals surface area contributed by atoms with Gasteiger partial charge in [-0.25, -0.2) is 0 Å². The summed E-state index contributed by atoms with van der Waals surface area (Å²) in [4.78, 5) is 0. The molecular formula is C6H20N2Si2. The van der Waals surface area contributed by atoms with Crippen LogP contribution in [0.4, 0.5) is 0 Å². The molecule has 4 N–H and O–H groups in total. The first kappa shape index (κ1) is 10.4. The summed E-state index contributed by atoms with van der Waals surface area (Å²) < 4.78 is 0. The van der Waals surface area contributed by atoms with E-state index < -0.39 is 16.5 Å². The molecule has 0 rings (SSSR count). The molecule has 0 aliphatic rings. The molecule has 0 aromatic carbocycles. The van der Waals surface area contributed by atoms with Crippen molar-refractivity contribution in [1.82, 2.24) is 0 Å². The fraction of sp³-hybridized carbons (Fsp3) is 1.00. The highest BCUT2D eigenvalue weighted by Crippen LogP contribution is 2.12. The van der Waals surface area contributed by atoms with E-state index in [1.807, 2.05) is 0 Å². The zero-order valence-electron chi connectivity index (χ0n) is 7.57. The topological polar surface area (TPSA) is 52.0 Å². The van der Waals surface area contributed by atoms with Crippen molar-refractivity contribution >= 4 is 16.5 Å².